The van der Waals surface area contributed by atoms with Crippen LogP contribution >= 0.6 is 0 Å². The van der Waals surface area contributed by atoms with Gasteiger partial charge in [0.1, 0.15) is 0 Å². The molecule has 0 unspecified atom stereocenters. The lowest BCUT2D eigenvalue weighted by Crippen LogP contribution is -2.40. The average Bonchev–Trinajstić information content (AvgIpc) is 2.45. The summed E-state index contributed by atoms with van der Waals surface area (Å²) in [5, 5.41) is 2.56. The van der Waals surface area contributed by atoms with Crippen molar-refractivity contribution in [2.75, 3.05) is 14.1 Å². The highest BCUT2D eigenvalue weighted by Gasteiger charge is 2.16. The number of carbonyl (C=O) groups is 2. The molecule has 1 atom stereocenters. The zero-order chi connectivity index (χ0) is 14.4. The van der Waals surface area contributed by atoms with Crippen LogP contribution in [0.15, 0.2) is 24.3 Å². The SMILES string of the molecule is CC[C@@H](N)C(=O)N(C)Cc1ccc(C(=O)NC)cc1. The molecule has 0 bridgehead atoms. The van der Waals surface area contributed by atoms with Crippen LogP contribution in [0.1, 0.15) is 29.3 Å². The Labute approximate surface area is 113 Å². The Morgan fingerprint density at radius 2 is 1.89 bits per heavy atom. The molecule has 3 N–H and O–H groups in total. The van der Waals surface area contributed by atoms with Crippen molar-refractivity contribution in [2.24, 2.45) is 5.73 Å². The summed E-state index contributed by atoms with van der Waals surface area (Å²) >= 11 is 0. The van der Waals surface area contributed by atoms with E-state index in [-0.39, 0.29) is 11.8 Å². The van der Waals surface area contributed by atoms with Gasteiger partial charge in [-0.2, -0.15) is 0 Å². The third-order valence-corrected chi connectivity index (χ3v) is 3.00. The van der Waals surface area contributed by atoms with Crippen LogP contribution in [0, 0.1) is 0 Å². The molecule has 1 rings (SSSR count). The third-order valence-electron chi connectivity index (χ3n) is 3.00. The summed E-state index contributed by atoms with van der Waals surface area (Å²) in [6.45, 7) is 2.37. The largest absolute Gasteiger partial charge is 0.355 e. The van der Waals surface area contributed by atoms with E-state index in [0.717, 1.165) is 5.56 Å². The number of rotatable bonds is 5. The summed E-state index contributed by atoms with van der Waals surface area (Å²) in [6, 6.07) is 6.71. The molecule has 0 fully saturated rings. The summed E-state index contributed by atoms with van der Waals surface area (Å²) in [7, 11) is 3.32. The first-order valence-electron chi connectivity index (χ1n) is 6.31. The Kier molecular flexibility index (Phi) is 5.51. The summed E-state index contributed by atoms with van der Waals surface area (Å²) in [4.78, 5) is 24.8. The summed E-state index contributed by atoms with van der Waals surface area (Å²) in [5.74, 6) is -0.193. The number of benzene rings is 1. The van der Waals surface area contributed by atoms with Crippen LogP contribution in [0.25, 0.3) is 0 Å². The second-order valence-corrected chi connectivity index (χ2v) is 4.49. The molecule has 0 aliphatic carbocycles. The standard InChI is InChI=1S/C14H21N3O2/c1-4-12(15)14(19)17(3)9-10-5-7-11(8-6-10)13(18)16-2/h5-8,12H,4,9,15H2,1-3H3,(H,16,18)/t12-/m1/s1. The summed E-state index contributed by atoms with van der Waals surface area (Å²) in [6.07, 6.45) is 0.624. The minimum atomic E-state index is -0.449. The van der Waals surface area contributed by atoms with E-state index in [1.54, 1.807) is 31.1 Å². The Morgan fingerprint density at radius 3 is 2.37 bits per heavy atom. The van der Waals surface area contributed by atoms with Crippen molar-refractivity contribution in [1.29, 1.82) is 0 Å². The summed E-state index contributed by atoms with van der Waals surface area (Å²) < 4.78 is 0. The van der Waals surface area contributed by atoms with Gasteiger partial charge in [0.15, 0.2) is 0 Å². The van der Waals surface area contributed by atoms with Crippen LogP contribution in [-0.4, -0.2) is 36.9 Å². The highest BCUT2D eigenvalue weighted by Crippen LogP contribution is 2.08. The van der Waals surface area contributed by atoms with Crippen LogP contribution in [0.5, 0.6) is 0 Å². The quantitative estimate of drug-likeness (QED) is 0.823. The van der Waals surface area contributed by atoms with Crippen molar-refractivity contribution in [2.45, 2.75) is 25.9 Å². The number of hydrogen-bond acceptors (Lipinski definition) is 3. The van der Waals surface area contributed by atoms with Gasteiger partial charge in [0.05, 0.1) is 6.04 Å². The molecule has 19 heavy (non-hydrogen) atoms. The van der Waals surface area contributed by atoms with Gasteiger partial charge in [0.25, 0.3) is 5.91 Å². The van der Waals surface area contributed by atoms with Crippen molar-refractivity contribution in [3.8, 4) is 0 Å². The van der Waals surface area contributed by atoms with E-state index in [0.29, 0.717) is 18.5 Å². The van der Waals surface area contributed by atoms with Crippen molar-refractivity contribution in [1.82, 2.24) is 10.2 Å². The highest BCUT2D eigenvalue weighted by atomic mass is 16.2. The first kappa shape index (κ1) is 15.2. The lowest BCUT2D eigenvalue weighted by Gasteiger charge is -2.20. The predicted octanol–water partition coefficient (Wildman–Crippen LogP) is 0.742. The zero-order valence-electron chi connectivity index (χ0n) is 11.6. The average molecular weight is 263 g/mol. The lowest BCUT2D eigenvalue weighted by molar-refractivity contribution is -0.131. The van der Waals surface area contributed by atoms with E-state index in [1.807, 2.05) is 19.1 Å². The second-order valence-electron chi connectivity index (χ2n) is 4.49. The fourth-order valence-corrected chi connectivity index (χ4v) is 1.72. The Bertz CT molecular complexity index is 443. The number of hydrogen-bond donors (Lipinski definition) is 2. The van der Waals surface area contributed by atoms with Gasteiger partial charge < -0.3 is 16.0 Å². The highest BCUT2D eigenvalue weighted by molar-refractivity contribution is 5.93. The molecule has 2 amide bonds. The number of carbonyl (C=O) groups excluding carboxylic acids is 2. The molecule has 104 valence electrons. The minimum Gasteiger partial charge on any atom is -0.355 e. The van der Waals surface area contributed by atoms with Gasteiger partial charge >= 0.3 is 0 Å². The van der Waals surface area contributed by atoms with E-state index in [1.165, 1.54) is 0 Å². The molecule has 1 aromatic carbocycles. The lowest BCUT2D eigenvalue weighted by atomic mass is 10.1. The molecule has 0 saturated carbocycles. The van der Waals surface area contributed by atoms with Crippen molar-refractivity contribution >= 4 is 11.8 Å². The Hall–Kier alpha value is -1.88. The maximum Gasteiger partial charge on any atom is 0.251 e. The first-order chi connectivity index (χ1) is 8.99. The fourth-order valence-electron chi connectivity index (χ4n) is 1.72. The van der Waals surface area contributed by atoms with Gasteiger partial charge in [-0.1, -0.05) is 19.1 Å². The second kappa shape index (κ2) is 6.89. The molecule has 5 nitrogen and oxygen atoms in total. The molecule has 0 saturated heterocycles. The van der Waals surface area contributed by atoms with E-state index in [4.69, 9.17) is 5.73 Å². The van der Waals surface area contributed by atoms with Crippen molar-refractivity contribution in [3.05, 3.63) is 35.4 Å². The van der Waals surface area contributed by atoms with E-state index >= 15 is 0 Å². The molecular weight excluding hydrogens is 242 g/mol. The molecule has 5 heteroatoms. The van der Waals surface area contributed by atoms with Gasteiger partial charge in [-0.15, -0.1) is 0 Å². The molecule has 0 aliphatic rings. The number of amides is 2. The van der Waals surface area contributed by atoms with Gasteiger partial charge in [0, 0.05) is 26.2 Å². The molecule has 0 radical (unpaired) electrons. The van der Waals surface area contributed by atoms with Crippen LogP contribution in [0.3, 0.4) is 0 Å². The molecule has 1 aromatic rings. The number of nitrogens with one attached hydrogen (secondary N) is 1. The zero-order valence-corrected chi connectivity index (χ0v) is 11.6. The Balaban J connectivity index is 2.68. The maximum atomic E-state index is 11.8. The molecule has 0 spiro atoms. The van der Waals surface area contributed by atoms with Gasteiger partial charge in [-0.3, -0.25) is 9.59 Å². The monoisotopic (exact) mass is 263 g/mol. The first-order valence-corrected chi connectivity index (χ1v) is 6.31. The summed E-state index contributed by atoms with van der Waals surface area (Å²) in [5.41, 5.74) is 7.28. The van der Waals surface area contributed by atoms with E-state index in [2.05, 4.69) is 5.32 Å². The molecule has 0 aliphatic heterocycles. The number of nitrogens with zero attached hydrogens (tertiary/aromatic N) is 1. The normalized spacial score (nSPS) is 11.8. The number of nitrogens with two attached hydrogens (primary N) is 1. The van der Waals surface area contributed by atoms with Gasteiger partial charge in [-0.25, -0.2) is 0 Å². The predicted molar refractivity (Wildman–Crippen MR) is 74.6 cm³/mol. The Morgan fingerprint density at radius 1 is 1.32 bits per heavy atom. The minimum absolute atomic E-state index is 0.0714. The van der Waals surface area contributed by atoms with Crippen LogP contribution in [0.2, 0.25) is 0 Å². The number of likely N-dealkylation sites (N-methyl/N-ethyl adjacent to an activating group) is 1. The van der Waals surface area contributed by atoms with E-state index < -0.39 is 6.04 Å². The van der Waals surface area contributed by atoms with Crippen LogP contribution in [0.4, 0.5) is 0 Å². The molecular formula is C14H21N3O2. The van der Waals surface area contributed by atoms with Crippen LogP contribution in [-0.2, 0) is 11.3 Å². The molecule has 0 aromatic heterocycles. The van der Waals surface area contributed by atoms with Crippen LogP contribution < -0.4 is 11.1 Å². The van der Waals surface area contributed by atoms with Gasteiger partial charge in [0.2, 0.25) is 5.91 Å². The van der Waals surface area contributed by atoms with Crippen molar-refractivity contribution in [3.63, 3.8) is 0 Å². The van der Waals surface area contributed by atoms with E-state index in [9.17, 15) is 9.59 Å². The fraction of sp³-hybridized carbons (Fsp3) is 0.429. The maximum absolute atomic E-state index is 11.8. The van der Waals surface area contributed by atoms with Gasteiger partial charge in [-0.05, 0) is 24.1 Å². The smallest absolute Gasteiger partial charge is 0.251 e. The third kappa shape index (κ3) is 4.06. The topological polar surface area (TPSA) is 75.4 Å². The molecule has 0 heterocycles. The van der Waals surface area contributed by atoms with Crippen molar-refractivity contribution < 1.29 is 9.59 Å².